The molecule has 14 heteroatoms. The molecule has 0 amide bonds. The Hall–Kier alpha value is 1.65. The van der Waals surface area contributed by atoms with Crippen molar-refractivity contribution in [1.29, 1.82) is 0 Å². The van der Waals surface area contributed by atoms with Crippen molar-refractivity contribution in [3.8, 4) is 0 Å². The van der Waals surface area contributed by atoms with E-state index in [9.17, 15) is 14.7 Å². The number of thioether (sulfide) groups is 1. The van der Waals surface area contributed by atoms with Crippen LogP contribution in [-0.2, 0) is 22.2 Å². The van der Waals surface area contributed by atoms with Crippen molar-refractivity contribution in [2.24, 2.45) is 0 Å². The Balaban J connectivity index is -0.0000000660. The number of nitrogens with zero attached hydrogens (tertiary/aromatic N) is 2. The van der Waals surface area contributed by atoms with Crippen LogP contribution >= 0.6 is 83.4 Å². The van der Waals surface area contributed by atoms with Crippen LogP contribution in [-0.4, -0.2) is 70.5 Å². The fraction of sp³-hybridized carbons (Fsp3) is 0.857. The van der Waals surface area contributed by atoms with Crippen LogP contribution in [0.2, 0.25) is 0 Å². The maximum atomic E-state index is 11.5. The molecule has 0 aliphatic heterocycles. The normalized spacial score (nSPS) is 13.9. The first-order chi connectivity index (χ1) is 16.9. The minimum absolute atomic E-state index is 0. The minimum atomic E-state index is -0.750. The number of ketones is 1. The second kappa shape index (κ2) is 38.8. The zero-order valence-electron chi connectivity index (χ0n) is 23.3. The molecule has 2 saturated carbocycles. The molecule has 0 radical (unpaired) electrons. The molecule has 2 fully saturated rings. The van der Waals surface area contributed by atoms with Gasteiger partial charge in [-0.2, -0.15) is 0 Å². The Bertz CT molecular complexity index is 646. The summed E-state index contributed by atoms with van der Waals surface area (Å²) in [4.78, 5) is 26.0. The van der Waals surface area contributed by atoms with E-state index < -0.39 is 15.0 Å². The minimum Gasteiger partial charge on any atom is -0.480 e. The summed E-state index contributed by atoms with van der Waals surface area (Å²) in [5.74, 6) is -0.233. The van der Waals surface area contributed by atoms with Gasteiger partial charge in [-0.3, -0.25) is 9.59 Å². The molecule has 0 bridgehead atoms. The third-order valence-corrected chi connectivity index (χ3v) is 8.22. The second-order valence-electron chi connectivity index (χ2n) is 8.19. The van der Waals surface area contributed by atoms with Crippen LogP contribution in [0.5, 0.6) is 0 Å². The van der Waals surface area contributed by atoms with Crippen LogP contribution < -0.4 is 29.6 Å². The van der Waals surface area contributed by atoms with Crippen LogP contribution in [0.3, 0.4) is 0 Å². The topological polar surface area (TPSA) is 60.9 Å². The molecule has 2 aliphatic carbocycles. The Morgan fingerprint density at radius 1 is 0.857 bits per heavy atom. The number of carbonyl (C=O) groups excluding carboxylic acids is 1. The van der Waals surface area contributed by atoms with E-state index in [4.69, 9.17) is 71.9 Å². The van der Waals surface area contributed by atoms with Crippen LogP contribution in [0.4, 0.5) is 0 Å². The third-order valence-electron chi connectivity index (χ3n) is 5.79. The summed E-state index contributed by atoms with van der Waals surface area (Å²) in [6, 6.07) is 0. The Morgan fingerprint density at radius 3 is 1.40 bits per heavy atom. The molecule has 0 saturated heterocycles. The first-order valence-corrected chi connectivity index (χ1v) is 15.9. The van der Waals surface area contributed by atoms with Gasteiger partial charge in [-0.05, 0) is 53.4 Å². The molecule has 0 spiro atoms. The molecule has 2 rings (SSSR count). The van der Waals surface area contributed by atoms with E-state index in [0.717, 1.165) is 88.3 Å². The number of Topliss-reactive ketones (excluding diaryl/α,β-unsaturated/α-hetero) is 1. The largest absolute Gasteiger partial charge is 1.00 e. The molecule has 0 atom stereocenters. The number of halogens is 4. The van der Waals surface area contributed by atoms with E-state index in [-0.39, 0.29) is 71.7 Å². The average Bonchev–Trinajstić information content (AvgIpc) is 2.82. The van der Waals surface area contributed by atoms with Crippen molar-refractivity contribution < 1.29 is 44.3 Å². The molecule has 2 aliphatic rings. The number of hydrogen-bond donors (Lipinski definition) is 1. The molecule has 0 unspecified atom stereocenters. The summed E-state index contributed by atoms with van der Waals surface area (Å²) in [7, 11) is 0. The van der Waals surface area contributed by atoms with Crippen LogP contribution in [0.1, 0.15) is 122 Å². The van der Waals surface area contributed by atoms with Gasteiger partial charge in [0.05, 0.1) is 0 Å². The molecule has 0 aromatic heterocycles. The van der Waals surface area contributed by atoms with Crippen molar-refractivity contribution in [2.45, 2.75) is 131 Å². The molecule has 1 N–H and O–H groups in total. The van der Waals surface area contributed by atoms with Gasteiger partial charge in [0.2, 0.25) is 0 Å². The van der Waals surface area contributed by atoms with E-state index in [2.05, 4.69) is 4.90 Å². The summed E-state index contributed by atoms with van der Waals surface area (Å²) in [5.41, 5.74) is 0. The maximum Gasteiger partial charge on any atom is 1.00 e. The summed E-state index contributed by atoms with van der Waals surface area (Å²) >= 11 is 30.7. The molecule has 5 nitrogen and oxygen atoms in total. The molecular weight excluding hydrogens is 705 g/mol. The molecule has 42 heavy (non-hydrogen) atoms. The fourth-order valence-electron chi connectivity index (χ4n) is 3.62. The number of alkyl halides is 3. The van der Waals surface area contributed by atoms with Gasteiger partial charge in [-0.25, -0.2) is 0 Å². The molecule has 252 valence electrons. The van der Waals surface area contributed by atoms with E-state index in [1.54, 1.807) is 0 Å². The van der Waals surface area contributed by atoms with Crippen molar-refractivity contribution in [3.05, 3.63) is 0 Å². The predicted octanol–water partition coefficient (Wildman–Crippen LogP) is 7.77. The van der Waals surface area contributed by atoms with Crippen molar-refractivity contribution in [1.82, 2.24) is 9.80 Å². The first kappa shape index (κ1) is 62.5. The van der Waals surface area contributed by atoms with Crippen LogP contribution in [0.25, 0.3) is 0 Å². The van der Waals surface area contributed by atoms with Gasteiger partial charge in [0.25, 0.3) is 0 Å². The van der Waals surface area contributed by atoms with Crippen molar-refractivity contribution >= 4 is 116 Å². The second-order valence-corrected chi connectivity index (χ2v) is 13.2. The summed E-state index contributed by atoms with van der Waals surface area (Å²) in [6.45, 7) is 11.7. The van der Waals surface area contributed by atoms with E-state index in [0.29, 0.717) is 10.1 Å². The van der Waals surface area contributed by atoms with E-state index in [1.165, 1.54) is 18.2 Å². The Morgan fingerprint density at radius 2 is 1.19 bits per heavy atom. The van der Waals surface area contributed by atoms with Crippen molar-refractivity contribution in [3.63, 3.8) is 0 Å². The number of carboxylic acid groups (broad SMARTS) is 1. The zero-order chi connectivity index (χ0) is 28.1. The number of hydrogen-bond acceptors (Lipinski definition) is 6. The van der Waals surface area contributed by atoms with Crippen LogP contribution in [0, 0.1) is 0 Å². The number of carboxylic acids is 1. The SMILES string of the molecule is C.C.C.C.CCN(CC)C(=S)SC1(C(=O)O)CCCCC1.CCN(CC)C(=S)[S-].Cl.ClC(Cl)Cl.O=C1CCCCC1.[Na+]. The molecule has 0 aromatic rings. The number of thiocarbonyl (C=S) groups is 2. The van der Waals surface area contributed by atoms with Gasteiger partial charge in [-0.1, -0.05) is 118 Å². The molecule has 0 aromatic carbocycles. The summed E-state index contributed by atoms with van der Waals surface area (Å²) in [6.07, 6.45) is 9.88. The third kappa shape index (κ3) is 31.6. The van der Waals surface area contributed by atoms with Gasteiger partial charge in [0.15, 0.2) is 4.30 Å². The van der Waals surface area contributed by atoms with Gasteiger partial charge in [0, 0.05) is 39.0 Å². The number of aliphatic carboxylic acids is 1. The smallest absolute Gasteiger partial charge is 0.480 e. The monoisotopic (exact) mass is 762 g/mol. The van der Waals surface area contributed by atoms with Gasteiger partial charge in [0.1, 0.15) is 14.9 Å². The fourth-order valence-corrected chi connectivity index (χ4v) is 6.18. The average molecular weight is 765 g/mol. The standard InChI is InChI=1S/C12H21NO2S2.C6H10O.C5H11NS2.CHCl3.4CH4.ClH.Na/c1-3-13(4-2)11(16)17-12(10(14)15)8-6-5-7-9-12;7-6-4-2-1-3-5-6;1-3-6(4-2)5(7)8;2-1(3)4;;;;;;/h3-9H2,1-2H3,(H,14,15);1-5H2;3-4H2,1-2H3,(H,7,8);1H;4*1H4;1H;/q;;;;;;;;;+1/p-1. The van der Waals surface area contributed by atoms with Gasteiger partial charge in [-0.15, -0.1) is 12.4 Å². The molecular formula is C28H59Cl4N2NaO3S4. The number of rotatable bonds is 6. The predicted molar refractivity (Wildman–Crippen MR) is 203 cm³/mol. The summed E-state index contributed by atoms with van der Waals surface area (Å²) in [5, 5.41) is 9.47. The van der Waals surface area contributed by atoms with Gasteiger partial charge >= 0.3 is 35.5 Å². The Labute approximate surface area is 324 Å². The zero-order valence-corrected chi connectivity index (χ0v) is 31.7. The maximum absolute atomic E-state index is 11.5. The molecule has 0 heterocycles. The van der Waals surface area contributed by atoms with Crippen LogP contribution in [0.15, 0.2) is 0 Å². The van der Waals surface area contributed by atoms with Crippen molar-refractivity contribution in [2.75, 3.05) is 26.2 Å². The Kier molecular flexibility index (Phi) is 57.8. The first-order valence-electron chi connectivity index (χ1n) is 12.5. The van der Waals surface area contributed by atoms with E-state index >= 15 is 0 Å². The quantitative estimate of drug-likeness (QED) is 0.127. The number of carbonyl (C=O) groups is 2. The summed E-state index contributed by atoms with van der Waals surface area (Å²) < 4.78 is -0.105. The van der Waals surface area contributed by atoms with E-state index in [1.807, 2.05) is 32.6 Å². The van der Waals surface area contributed by atoms with Gasteiger partial charge < -0.3 is 39.8 Å².